The molecule has 1 atom stereocenters. The maximum atomic E-state index is 13.6. The molecule has 2 heterocycles. The van der Waals surface area contributed by atoms with Crippen molar-refractivity contribution >= 4 is 27.6 Å². The summed E-state index contributed by atoms with van der Waals surface area (Å²) >= 11 is 0. The molecule has 4 rings (SSSR count). The van der Waals surface area contributed by atoms with E-state index < -0.39 is 34.5 Å². The predicted octanol–water partition coefficient (Wildman–Crippen LogP) is 2.99. The third-order valence-electron chi connectivity index (χ3n) is 5.49. The van der Waals surface area contributed by atoms with Gasteiger partial charge in [-0.25, -0.2) is 8.42 Å². The number of ether oxygens (including phenoxy) is 1. The van der Waals surface area contributed by atoms with Crippen molar-refractivity contribution in [2.75, 3.05) is 18.1 Å². The van der Waals surface area contributed by atoms with Gasteiger partial charge in [-0.2, -0.15) is 4.31 Å². The topological polar surface area (TPSA) is 117 Å². The molecular formula is C25H22N2O7S. The first-order valence-corrected chi connectivity index (χ1v) is 12.1. The number of fused-ring (bicyclic) bond motifs is 1. The van der Waals surface area contributed by atoms with Crippen LogP contribution in [-0.4, -0.2) is 48.9 Å². The number of carboxylic acids is 1. The standard InChI is InChI=1S/C25H22N2O7S/c1-2-3-14-33-19-10-12-20(13-11-19)35(31,32)27-16-18-7-4-5-8-21(18)26(17-22(27)25(29)30)24(28)23-9-6-15-34-23/h4-13,15,22H,14,16-17H2,1H3,(H,29,30). The monoisotopic (exact) mass is 494 g/mol. The molecule has 1 N–H and O–H groups in total. The zero-order valence-corrected chi connectivity index (χ0v) is 19.6. The highest BCUT2D eigenvalue weighted by Gasteiger charge is 2.42. The summed E-state index contributed by atoms with van der Waals surface area (Å²) in [6, 6.07) is 13.9. The zero-order chi connectivity index (χ0) is 25.0. The lowest BCUT2D eigenvalue weighted by molar-refractivity contribution is -0.141. The van der Waals surface area contributed by atoms with Gasteiger partial charge in [-0.3, -0.25) is 9.59 Å². The molecule has 0 saturated heterocycles. The number of carboxylic acid groups (broad SMARTS) is 1. The number of anilines is 1. The maximum Gasteiger partial charge on any atom is 0.323 e. The molecule has 1 unspecified atom stereocenters. The lowest BCUT2D eigenvalue weighted by atomic mass is 10.1. The number of nitrogens with zero attached hydrogens (tertiary/aromatic N) is 2. The van der Waals surface area contributed by atoms with E-state index in [1.165, 1.54) is 41.5 Å². The number of furan rings is 1. The van der Waals surface area contributed by atoms with Gasteiger partial charge in [-0.05, 0) is 55.0 Å². The molecule has 1 aromatic heterocycles. The fourth-order valence-electron chi connectivity index (χ4n) is 3.76. The van der Waals surface area contributed by atoms with Crippen LogP contribution in [0.4, 0.5) is 5.69 Å². The number of carbonyl (C=O) groups excluding carboxylic acids is 1. The summed E-state index contributed by atoms with van der Waals surface area (Å²) in [6.45, 7) is 1.20. The molecular weight excluding hydrogens is 472 g/mol. The SMILES string of the molecule is CC#CCOc1ccc(S(=O)(=O)N2Cc3ccccc3N(C(=O)c3ccco3)CC2C(=O)O)cc1. The van der Waals surface area contributed by atoms with Crippen molar-refractivity contribution in [2.24, 2.45) is 0 Å². The molecule has 1 amide bonds. The number of para-hydroxylation sites is 1. The minimum atomic E-state index is -4.26. The van der Waals surface area contributed by atoms with Crippen molar-refractivity contribution in [1.29, 1.82) is 0 Å². The van der Waals surface area contributed by atoms with E-state index in [4.69, 9.17) is 9.15 Å². The molecule has 1 aliphatic heterocycles. The number of aliphatic carboxylic acids is 1. The van der Waals surface area contributed by atoms with Crippen LogP contribution in [0.5, 0.6) is 5.75 Å². The van der Waals surface area contributed by atoms with Crippen molar-refractivity contribution in [3.63, 3.8) is 0 Å². The highest BCUT2D eigenvalue weighted by atomic mass is 32.2. The lowest BCUT2D eigenvalue weighted by Crippen LogP contribution is -2.50. The number of amides is 1. The largest absolute Gasteiger partial charge is 0.481 e. The second-order valence-electron chi connectivity index (χ2n) is 7.61. The van der Waals surface area contributed by atoms with Crippen LogP contribution in [0.25, 0.3) is 0 Å². The third kappa shape index (κ3) is 4.91. The van der Waals surface area contributed by atoms with Gasteiger partial charge in [0.25, 0.3) is 5.91 Å². The molecule has 0 aliphatic carbocycles. The number of sulfonamides is 1. The summed E-state index contributed by atoms with van der Waals surface area (Å²) in [5.74, 6) is 3.95. The van der Waals surface area contributed by atoms with Crippen LogP contribution >= 0.6 is 0 Å². The van der Waals surface area contributed by atoms with Crippen LogP contribution in [0, 0.1) is 11.8 Å². The van der Waals surface area contributed by atoms with Crippen LogP contribution in [0.1, 0.15) is 23.0 Å². The lowest BCUT2D eigenvalue weighted by Gasteiger charge is -2.28. The van der Waals surface area contributed by atoms with Crippen LogP contribution in [-0.2, 0) is 21.4 Å². The molecule has 0 spiro atoms. The molecule has 0 radical (unpaired) electrons. The summed E-state index contributed by atoms with van der Waals surface area (Å²) in [6.07, 6.45) is 1.34. The first-order chi connectivity index (χ1) is 16.8. The molecule has 0 fully saturated rings. The normalized spacial score (nSPS) is 15.9. The van der Waals surface area contributed by atoms with Gasteiger partial charge in [0.05, 0.1) is 17.7 Å². The Bertz CT molecular complexity index is 1390. The Morgan fingerprint density at radius 2 is 1.86 bits per heavy atom. The van der Waals surface area contributed by atoms with Crippen molar-refractivity contribution in [3.05, 3.63) is 78.3 Å². The van der Waals surface area contributed by atoms with Gasteiger partial charge in [0.1, 0.15) is 18.4 Å². The number of hydrogen-bond acceptors (Lipinski definition) is 6. The Hall–Kier alpha value is -4.07. The van der Waals surface area contributed by atoms with Gasteiger partial charge >= 0.3 is 5.97 Å². The Morgan fingerprint density at radius 3 is 2.51 bits per heavy atom. The minimum absolute atomic E-state index is 0.0172. The smallest absolute Gasteiger partial charge is 0.323 e. The summed E-state index contributed by atoms with van der Waals surface area (Å²) in [4.78, 5) is 26.6. The van der Waals surface area contributed by atoms with Crippen molar-refractivity contribution < 1.29 is 32.3 Å². The zero-order valence-electron chi connectivity index (χ0n) is 18.7. The first kappa shape index (κ1) is 24.1. The summed E-state index contributed by atoms with van der Waals surface area (Å²) < 4.78 is 38.8. The number of benzene rings is 2. The van der Waals surface area contributed by atoms with Crippen molar-refractivity contribution in [1.82, 2.24) is 4.31 Å². The number of rotatable bonds is 6. The minimum Gasteiger partial charge on any atom is -0.481 e. The van der Waals surface area contributed by atoms with Gasteiger partial charge in [-0.15, -0.1) is 5.92 Å². The fourth-order valence-corrected chi connectivity index (χ4v) is 5.31. The van der Waals surface area contributed by atoms with Crippen molar-refractivity contribution in [2.45, 2.75) is 24.4 Å². The van der Waals surface area contributed by atoms with E-state index in [1.54, 1.807) is 37.3 Å². The Morgan fingerprint density at radius 1 is 1.11 bits per heavy atom. The fraction of sp³-hybridized carbons (Fsp3) is 0.200. The van der Waals surface area contributed by atoms with Crippen molar-refractivity contribution in [3.8, 4) is 17.6 Å². The molecule has 1 aliphatic rings. The quantitative estimate of drug-likeness (QED) is 0.524. The van der Waals surface area contributed by atoms with Gasteiger partial charge < -0.3 is 19.2 Å². The van der Waals surface area contributed by atoms with Gasteiger partial charge in [-0.1, -0.05) is 24.1 Å². The average molecular weight is 495 g/mol. The maximum absolute atomic E-state index is 13.6. The van der Waals surface area contributed by atoms with E-state index in [0.717, 1.165) is 4.31 Å². The molecule has 35 heavy (non-hydrogen) atoms. The van der Waals surface area contributed by atoms with Gasteiger partial charge in [0.15, 0.2) is 5.76 Å². The van der Waals surface area contributed by atoms with Gasteiger partial charge in [0, 0.05) is 12.2 Å². The molecule has 0 bridgehead atoms. The number of hydrogen-bond donors (Lipinski definition) is 1. The highest BCUT2D eigenvalue weighted by Crippen LogP contribution is 2.32. The van der Waals surface area contributed by atoms with Gasteiger partial charge in [0.2, 0.25) is 10.0 Å². The van der Waals surface area contributed by atoms with E-state index in [1.807, 2.05) is 0 Å². The van der Waals surface area contributed by atoms with E-state index in [9.17, 15) is 23.1 Å². The van der Waals surface area contributed by atoms with Crippen LogP contribution in [0.15, 0.2) is 76.2 Å². The third-order valence-corrected chi connectivity index (χ3v) is 7.36. The average Bonchev–Trinajstić information content (AvgIpc) is 3.33. The van der Waals surface area contributed by atoms with Crippen LogP contribution in [0.2, 0.25) is 0 Å². The molecule has 9 nitrogen and oxygen atoms in total. The molecule has 180 valence electrons. The Kier molecular flexibility index (Phi) is 6.91. The predicted molar refractivity (Wildman–Crippen MR) is 126 cm³/mol. The van der Waals surface area contributed by atoms with E-state index in [2.05, 4.69) is 11.8 Å². The second kappa shape index (κ2) is 10.0. The molecule has 10 heteroatoms. The first-order valence-electron chi connectivity index (χ1n) is 10.6. The highest BCUT2D eigenvalue weighted by molar-refractivity contribution is 7.89. The van der Waals surface area contributed by atoms with Crippen LogP contribution < -0.4 is 9.64 Å². The second-order valence-corrected chi connectivity index (χ2v) is 9.50. The summed E-state index contributed by atoms with van der Waals surface area (Å²) in [5, 5.41) is 10.0. The molecule has 0 saturated carbocycles. The Balaban J connectivity index is 1.72. The van der Waals surface area contributed by atoms with E-state index in [0.29, 0.717) is 17.0 Å². The van der Waals surface area contributed by atoms with Crippen LogP contribution in [0.3, 0.4) is 0 Å². The number of carbonyl (C=O) groups is 2. The Labute approximate surface area is 202 Å². The molecule has 2 aromatic carbocycles. The van der Waals surface area contributed by atoms with E-state index >= 15 is 0 Å². The van der Waals surface area contributed by atoms with E-state index in [-0.39, 0.29) is 23.8 Å². The molecule has 3 aromatic rings. The summed E-state index contributed by atoms with van der Waals surface area (Å²) in [5.41, 5.74) is 0.899. The summed E-state index contributed by atoms with van der Waals surface area (Å²) in [7, 11) is -4.26.